The van der Waals surface area contributed by atoms with Gasteiger partial charge >= 0.3 is 0 Å². The maximum absolute atomic E-state index is 6.41. The minimum Gasteiger partial charge on any atom is -0.456 e. The summed E-state index contributed by atoms with van der Waals surface area (Å²) in [5, 5.41) is 14.7. The van der Waals surface area contributed by atoms with Crippen LogP contribution in [0.2, 0.25) is 0 Å². The molecule has 9 heteroatoms. The lowest BCUT2D eigenvalue weighted by Gasteiger charge is -2.09. The molecule has 492 valence electrons. The fraction of sp³-hybridized carbons (Fsp3) is 0. The molecule has 0 aliphatic carbocycles. The fourth-order valence-corrected chi connectivity index (χ4v) is 20.5. The summed E-state index contributed by atoms with van der Waals surface area (Å²) in [7, 11) is 0. The highest BCUT2D eigenvalue weighted by Gasteiger charge is 2.25. The van der Waals surface area contributed by atoms with E-state index >= 15 is 0 Å². The molecule has 0 spiro atoms. The molecule has 6 nitrogen and oxygen atoms in total. The Labute approximate surface area is 612 Å². The topological polar surface area (TPSA) is 54.2 Å². The first-order valence-electron chi connectivity index (χ1n) is 35.4. The Balaban J connectivity index is 0.0000000986. The molecule has 15 aromatic carbocycles. The summed E-state index contributed by atoms with van der Waals surface area (Å²) >= 11 is 5.66. The van der Waals surface area contributed by atoms with E-state index < -0.39 is 0 Å². The summed E-state index contributed by atoms with van der Waals surface area (Å²) in [5.74, 6) is 0. The Hall–Kier alpha value is -13.0. The van der Waals surface area contributed by atoms with Gasteiger partial charge in [0.1, 0.15) is 33.5 Å². The van der Waals surface area contributed by atoms with E-state index in [9.17, 15) is 0 Å². The molecule has 0 unspecified atom stereocenters. The summed E-state index contributed by atoms with van der Waals surface area (Å²) in [6.07, 6.45) is 0. The van der Waals surface area contributed by atoms with Crippen LogP contribution in [0.1, 0.15) is 0 Å². The van der Waals surface area contributed by atoms with Crippen molar-refractivity contribution in [2.45, 2.75) is 0 Å². The molecule has 0 bridgehead atoms. The first kappa shape index (κ1) is 59.6. The number of hydrogen-bond acceptors (Lipinski definition) is 6. The van der Waals surface area contributed by atoms with Gasteiger partial charge < -0.3 is 27.0 Å². The second-order valence-electron chi connectivity index (χ2n) is 26.8. The predicted octanol–water partition coefficient (Wildman–Crippen LogP) is 28.7. The second kappa shape index (κ2) is 23.8. The smallest absolute Gasteiger partial charge is 0.143 e. The highest BCUT2D eigenvalue weighted by Crippen LogP contribution is 2.51. The number of hydrogen-bond donors (Lipinski definition) is 0. The number of furan rings is 3. The summed E-state index contributed by atoms with van der Waals surface area (Å²) in [4.78, 5) is 0. The number of para-hydroxylation sites is 10. The fourth-order valence-electron chi connectivity index (χ4n) is 16.4. The largest absolute Gasteiger partial charge is 0.456 e. The minimum atomic E-state index is 0.931. The third-order valence-electron chi connectivity index (χ3n) is 21.0. The van der Waals surface area contributed by atoms with Gasteiger partial charge in [0.15, 0.2) is 0 Å². The van der Waals surface area contributed by atoms with Crippen LogP contribution in [0.5, 0.6) is 0 Å². The van der Waals surface area contributed by atoms with Crippen molar-refractivity contribution in [3.05, 3.63) is 346 Å². The molecular weight excluding hydrogens is 1340 g/mol. The SMILES string of the molecule is c1ccc(-n2c3ccccc3c3sc4c(-c5ccc6c(c5)oc5ccccc56)cccc4c32)cc1.c1ccc(-n2c3ccccc3c3sc4c(-c5ccc6oc7ccccc7c6c5)cccc4c32)cc1.c1ccc(-n2c3ccccc3c3sc4c(-c5cccc6c5oc5ccccc56)cccc4c32)cc1. The van der Waals surface area contributed by atoms with Crippen LogP contribution >= 0.6 is 34.0 Å². The molecule has 24 aromatic rings. The van der Waals surface area contributed by atoms with Gasteiger partial charge in [-0.25, -0.2) is 0 Å². The summed E-state index contributed by atoms with van der Waals surface area (Å²) in [6.45, 7) is 0. The van der Waals surface area contributed by atoms with E-state index in [-0.39, 0.29) is 0 Å². The van der Waals surface area contributed by atoms with Crippen LogP contribution in [0.4, 0.5) is 0 Å². The van der Waals surface area contributed by atoms with Gasteiger partial charge in [0.05, 0.1) is 47.2 Å². The maximum Gasteiger partial charge on any atom is 0.143 e. The van der Waals surface area contributed by atoms with Gasteiger partial charge in [0.2, 0.25) is 0 Å². The molecule has 105 heavy (non-hydrogen) atoms. The lowest BCUT2D eigenvalue weighted by Crippen LogP contribution is -1.92. The van der Waals surface area contributed by atoms with Crippen LogP contribution in [0.25, 0.3) is 210 Å². The molecule has 0 aliphatic heterocycles. The molecule has 0 atom stereocenters. The first-order valence-corrected chi connectivity index (χ1v) is 37.8. The summed E-state index contributed by atoms with van der Waals surface area (Å²) in [6, 6.07) is 123. The van der Waals surface area contributed by atoms with Crippen LogP contribution < -0.4 is 0 Å². The zero-order valence-corrected chi connectivity index (χ0v) is 58.6. The van der Waals surface area contributed by atoms with Crippen molar-refractivity contribution < 1.29 is 13.3 Å². The molecule has 0 fully saturated rings. The highest BCUT2D eigenvalue weighted by atomic mass is 32.1. The normalized spacial score (nSPS) is 12.0. The molecule has 0 aliphatic rings. The van der Waals surface area contributed by atoms with E-state index in [2.05, 4.69) is 323 Å². The van der Waals surface area contributed by atoms with Crippen LogP contribution in [0.15, 0.2) is 359 Å². The molecule has 9 aromatic heterocycles. The monoisotopic (exact) mass is 1400 g/mol. The Kier molecular flexibility index (Phi) is 13.5. The third kappa shape index (κ3) is 9.26. The third-order valence-corrected chi connectivity index (χ3v) is 24.8. The molecule has 0 N–H and O–H groups in total. The average Bonchev–Trinajstić information content (AvgIpc) is 1.57. The van der Waals surface area contributed by atoms with Gasteiger partial charge in [-0.1, -0.05) is 249 Å². The van der Waals surface area contributed by atoms with Crippen LogP contribution in [0, 0.1) is 0 Å². The van der Waals surface area contributed by atoms with E-state index in [4.69, 9.17) is 13.3 Å². The van der Waals surface area contributed by atoms with E-state index in [1.54, 1.807) is 0 Å². The first-order chi connectivity index (χ1) is 52.1. The lowest BCUT2D eigenvalue weighted by molar-refractivity contribution is 0.668. The van der Waals surface area contributed by atoms with Gasteiger partial charge in [-0.05, 0) is 119 Å². The lowest BCUT2D eigenvalue weighted by atomic mass is 10.0. The van der Waals surface area contributed by atoms with E-state index in [0.717, 1.165) is 71.4 Å². The Morgan fingerprint density at radius 3 is 1.00 bits per heavy atom. The van der Waals surface area contributed by atoms with Gasteiger partial charge in [-0.15, -0.1) is 34.0 Å². The van der Waals surface area contributed by atoms with Crippen molar-refractivity contribution in [1.82, 2.24) is 13.7 Å². The molecule has 0 saturated carbocycles. The Bertz CT molecular complexity index is 7590. The maximum atomic E-state index is 6.41. The molecular formula is C96H57N3O3S3. The zero-order chi connectivity index (χ0) is 68.8. The average molecular weight is 1400 g/mol. The van der Waals surface area contributed by atoms with Crippen molar-refractivity contribution >= 4 is 193 Å². The van der Waals surface area contributed by atoms with Crippen molar-refractivity contribution in [2.24, 2.45) is 0 Å². The van der Waals surface area contributed by atoms with E-state index in [1.165, 1.54) is 138 Å². The number of thiophene rings is 3. The molecule has 0 amide bonds. The van der Waals surface area contributed by atoms with Crippen LogP contribution in [-0.4, -0.2) is 13.7 Å². The standard InChI is InChI=1S/3C32H19NOS/c1-2-10-20(11-3-1)33-27-18-6-4-13-25(27)32-29(33)26-17-9-16-24(31(26)35-32)23-15-8-14-22-21-12-5-7-19-28(21)34-30(22)23;1-2-9-21(10-3-1)33-27-15-6-4-12-25(27)32-30(33)26-14-8-13-22(31(26)35-32)20-17-18-24-23-11-5-7-16-28(23)34-29(24)19-20;1-2-9-21(10-3-1)33-27-15-6-4-12-24(27)32-30(33)25-14-8-13-22(31(25)35-32)20-17-18-29-26(19-20)23-11-5-7-16-28(23)34-29/h3*1-19H. The number of aromatic nitrogens is 3. The van der Waals surface area contributed by atoms with E-state index in [1.807, 2.05) is 70.4 Å². The van der Waals surface area contributed by atoms with Crippen molar-refractivity contribution in [1.29, 1.82) is 0 Å². The van der Waals surface area contributed by atoms with Gasteiger partial charge in [0.25, 0.3) is 0 Å². The highest BCUT2D eigenvalue weighted by molar-refractivity contribution is 7.28. The van der Waals surface area contributed by atoms with Crippen molar-refractivity contribution in [3.63, 3.8) is 0 Å². The zero-order valence-electron chi connectivity index (χ0n) is 56.2. The number of rotatable bonds is 6. The Morgan fingerprint density at radius 2 is 0.514 bits per heavy atom. The second-order valence-corrected chi connectivity index (χ2v) is 29.9. The van der Waals surface area contributed by atoms with Crippen molar-refractivity contribution in [3.8, 4) is 50.4 Å². The van der Waals surface area contributed by atoms with E-state index in [0.29, 0.717) is 0 Å². The van der Waals surface area contributed by atoms with Crippen LogP contribution in [0.3, 0.4) is 0 Å². The van der Waals surface area contributed by atoms with Gasteiger partial charge in [-0.2, -0.15) is 0 Å². The number of nitrogens with zero attached hydrogens (tertiary/aromatic N) is 3. The number of benzene rings is 15. The van der Waals surface area contributed by atoms with Gasteiger partial charge in [0, 0.05) is 107 Å². The predicted molar refractivity (Wildman–Crippen MR) is 447 cm³/mol. The van der Waals surface area contributed by atoms with Gasteiger partial charge in [-0.3, -0.25) is 0 Å². The quantitative estimate of drug-likeness (QED) is 0.167. The number of fused-ring (bicyclic) bond motifs is 24. The summed E-state index contributed by atoms with van der Waals surface area (Å²) in [5.41, 5.74) is 24.0. The van der Waals surface area contributed by atoms with Crippen LogP contribution in [-0.2, 0) is 0 Å². The van der Waals surface area contributed by atoms with Crippen molar-refractivity contribution in [2.75, 3.05) is 0 Å². The molecule has 0 saturated heterocycles. The Morgan fingerprint density at radius 1 is 0.190 bits per heavy atom. The summed E-state index contributed by atoms with van der Waals surface area (Å²) < 4.78 is 33.8. The minimum absolute atomic E-state index is 0.931. The molecule has 9 heterocycles. The molecule has 0 radical (unpaired) electrons. The molecule has 24 rings (SSSR count).